The molecule has 0 aromatic carbocycles. The Hall–Kier alpha value is -1.25. The summed E-state index contributed by atoms with van der Waals surface area (Å²) in [7, 11) is 0. The number of rotatable bonds is 6. The van der Waals surface area contributed by atoms with Gasteiger partial charge >= 0.3 is 36.6 Å². The molecule has 126 valence electrons. The third kappa shape index (κ3) is 4.36. The maximum atomic E-state index is 12.4. The summed E-state index contributed by atoms with van der Waals surface area (Å²) in [5, 5.41) is 0. The third-order valence-corrected chi connectivity index (χ3v) is 1.41. The number of ether oxygens (including phenoxy) is 2. The van der Waals surface area contributed by atoms with Gasteiger partial charge in [-0.1, -0.05) is 0 Å². The van der Waals surface area contributed by atoms with Gasteiger partial charge < -0.3 is 0 Å². The second-order valence-electron chi connectivity index (χ2n) is 3.04. The van der Waals surface area contributed by atoms with Crippen molar-refractivity contribution in [2.75, 3.05) is 0 Å². The Labute approximate surface area is 105 Å². The molecule has 0 aliphatic carbocycles. The Balaban J connectivity index is 5.36. The van der Waals surface area contributed by atoms with Crippen LogP contribution in [0.15, 0.2) is 0 Å². The fourth-order valence-electron chi connectivity index (χ4n) is 0.539. The number of alkyl halides is 11. The lowest BCUT2D eigenvalue weighted by Gasteiger charge is -2.30. The lowest BCUT2D eigenvalue weighted by Crippen LogP contribution is -2.55. The Kier molecular flexibility index (Phi) is 4.88. The molecule has 0 radical (unpaired) electrons. The highest BCUT2D eigenvalue weighted by atomic mass is 19.4. The Bertz CT molecular complexity index is 398. The average Bonchev–Trinajstić information content (AvgIpc) is 2.11. The first-order valence-electron chi connectivity index (χ1n) is 4.04. The van der Waals surface area contributed by atoms with Crippen LogP contribution in [0.1, 0.15) is 0 Å². The molecule has 21 heavy (non-hydrogen) atoms. The molecule has 0 spiro atoms. The average molecular weight is 348 g/mol. The van der Waals surface area contributed by atoms with Crippen molar-refractivity contribution >= 4 is 6.04 Å². The molecule has 0 aliphatic heterocycles. The van der Waals surface area contributed by atoms with Crippen LogP contribution in [0.4, 0.5) is 52.7 Å². The summed E-state index contributed by atoms with van der Waals surface area (Å²) >= 11 is 0. The smallest absolute Gasteiger partial charge is 0.251 e. The van der Waals surface area contributed by atoms with E-state index in [2.05, 4.69) is 0 Å². The SMILES string of the molecule is O=C(F)C(F)(F)OC(F)(F)C(F)(F)OC(F)(F)C(F)(F)F. The van der Waals surface area contributed by atoms with E-state index in [0.717, 1.165) is 0 Å². The van der Waals surface area contributed by atoms with E-state index < -0.39 is 36.6 Å². The normalized spacial score (nSPS) is 15.2. The molecule has 3 nitrogen and oxygen atoms in total. The predicted molar refractivity (Wildman–Crippen MR) is 34.1 cm³/mol. The molecule has 0 N–H and O–H groups in total. The van der Waals surface area contributed by atoms with E-state index >= 15 is 0 Å². The van der Waals surface area contributed by atoms with E-state index in [0.29, 0.717) is 0 Å². The maximum absolute atomic E-state index is 12.4. The Morgan fingerprint density at radius 1 is 0.619 bits per heavy atom. The lowest BCUT2D eigenvalue weighted by molar-refractivity contribution is -0.532. The highest BCUT2D eigenvalue weighted by molar-refractivity contribution is 5.74. The summed E-state index contributed by atoms with van der Waals surface area (Å²) < 4.78 is 146. The van der Waals surface area contributed by atoms with Crippen LogP contribution < -0.4 is 0 Å². The molecule has 0 saturated heterocycles. The van der Waals surface area contributed by atoms with Gasteiger partial charge in [-0.25, -0.2) is 9.47 Å². The number of carbonyl (C=O) groups is 1. The second-order valence-corrected chi connectivity index (χ2v) is 3.04. The largest absolute Gasteiger partial charge is 0.483 e. The molecule has 0 fully saturated rings. The number of hydrogen-bond donors (Lipinski definition) is 0. The topological polar surface area (TPSA) is 35.5 Å². The fourth-order valence-corrected chi connectivity index (χ4v) is 0.539. The highest BCUT2D eigenvalue weighted by Crippen LogP contribution is 2.47. The molecular formula is C6F12O3. The van der Waals surface area contributed by atoms with Gasteiger partial charge in [-0.15, -0.1) is 0 Å². The van der Waals surface area contributed by atoms with Gasteiger partial charge in [0.2, 0.25) is 0 Å². The van der Waals surface area contributed by atoms with E-state index in [4.69, 9.17) is 0 Å². The maximum Gasteiger partial charge on any atom is 0.483 e. The number of carbonyl (C=O) groups excluding carboxylic acids is 1. The first kappa shape index (κ1) is 19.8. The third-order valence-electron chi connectivity index (χ3n) is 1.41. The minimum atomic E-state index is -7.00. The molecule has 0 saturated carbocycles. The van der Waals surface area contributed by atoms with Gasteiger partial charge in [0.25, 0.3) is 0 Å². The van der Waals surface area contributed by atoms with Gasteiger partial charge in [-0.3, -0.25) is 4.79 Å². The van der Waals surface area contributed by atoms with Gasteiger partial charge in [0.15, 0.2) is 0 Å². The van der Waals surface area contributed by atoms with Crippen molar-refractivity contribution in [3.05, 3.63) is 0 Å². The highest BCUT2D eigenvalue weighted by Gasteiger charge is 2.73. The van der Waals surface area contributed by atoms with Gasteiger partial charge in [-0.05, 0) is 0 Å². The van der Waals surface area contributed by atoms with E-state index in [1.165, 1.54) is 4.74 Å². The van der Waals surface area contributed by atoms with Gasteiger partial charge in [0, 0.05) is 0 Å². The number of hydrogen-bond acceptors (Lipinski definition) is 3. The van der Waals surface area contributed by atoms with Crippen LogP contribution >= 0.6 is 0 Å². The Morgan fingerprint density at radius 2 is 0.952 bits per heavy atom. The summed E-state index contributed by atoms with van der Waals surface area (Å²) in [6.07, 6.45) is -34.0. The summed E-state index contributed by atoms with van der Waals surface area (Å²) in [4.78, 5) is 9.43. The number of halogens is 12. The van der Waals surface area contributed by atoms with Crippen LogP contribution in [-0.4, -0.2) is 36.6 Å². The molecule has 0 amide bonds. The van der Waals surface area contributed by atoms with E-state index in [1.807, 2.05) is 0 Å². The standard InChI is InChI=1S/C6F12O3/c7-1(19)2(8,9)20-5(15,16)6(17,18)21-4(13,14)3(10,11)12. The van der Waals surface area contributed by atoms with Crippen molar-refractivity contribution < 1.29 is 67.0 Å². The van der Waals surface area contributed by atoms with Crippen LogP contribution in [0, 0.1) is 0 Å². The van der Waals surface area contributed by atoms with Crippen LogP contribution in [0.3, 0.4) is 0 Å². The molecule has 0 aromatic rings. The van der Waals surface area contributed by atoms with Crippen molar-refractivity contribution in [3.63, 3.8) is 0 Å². The minimum Gasteiger partial charge on any atom is -0.251 e. The first-order valence-corrected chi connectivity index (χ1v) is 4.04. The molecule has 0 bridgehead atoms. The molecule has 15 heteroatoms. The quantitative estimate of drug-likeness (QED) is 0.545. The summed E-state index contributed by atoms with van der Waals surface area (Å²) in [6.45, 7) is 0. The van der Waals surface area contributed by atoms with Crippen molar-refractivity contribution in [1.29, 1.82) is 0 Å². The molecule has 0 atom stereocenters. The molecule has 0 unspecified atom stereocenters. The summed E-state index contributed by atoms with van der Waals surface area (Å²) in [6, 6.07) is -4.04. The monoisotopic (exact) mass is 348 g/mol. The van der Waals surface area contributed by atoms with E-state index in [9.17, 15) is 57.5 Å². The zero-order chi connectivity index (χ0) is 17.5. The predicted octanol–water partition coefficient (Wildman–Crippen LogP) is 3.45. The van der Waals surface area contributed by atoms with E-state index in [1.54, 1.807) is 4.74 Å². The molecular weight excluding hydrogens is 348 g/mol. The first-order chi connectivity index (χ1) is 8.86. The molecule has 0 aliphatic rings. The Morgan fingerprint density at radius 3 is 1.24 bits per heavy atom. The summed E-state index contributed by atoms with van der Waals surface area (Å²) in [5.74, 6) is 0. The van der Waals surface area contributed by atoms with Crippen molar-refractivity contribution in [2.45, 2.75) is 30.6 Å². The fraction of sp³-hybridized carbons (Fsp3) is 0.833. The van der Waals surface area contributed by atoms with Crippen molar-refractivity contribution in [1.82, 2.24) is 0 Å². The molecule has 0 aromatic heterocycles. The zero-order valence-electron chi connectivity index (χ0n) is 8.76. The summed E-state index contributed by atoms with van der Waals surface area (Å²) in [5.41, 5.74) is 0. The van der Waals surface area contributed by atoms with Crippen LogP contribution in [0.5, 0.6) is 0 Å². The van der Waals surface area contributed by atoms with Crippen LogP contribution in [0.25, 0.3) is 0 Å². The van der Waals surface area contributed by atoms with Crippen LogP contribution in [-0.2, 0) is 14.3 Å². The molecule has 0 heterocycles. The van der Waals surface area contributed by atoms with E-state index in [-0.39, 0.29) is 0 Å². The van der Waals surface area contributed by atoms with Crippen molar-refractivity contribution in [3.8, 4) is 0 Å². The van der Waals surface area contributed by atoms with Crippen molar-refractivity contribution in [2.24, 2.45) is 0 Å². The van der Waals surface area contributed by atoms with Gasteiger partial charge in [0.1, 0.15) is 0 Å². The lowest BCUT2D eigenvalue weighted by atomic mass is 10.5. The minimum absolute atomic E-state index is 1.45. The molecule has 0 rings (SSSR count). The second kappa shape index (κ2) is 5.19. The zero-order valence-corrected chi connectivity index (χ0v) is 8.76. The van der Waals surface area contributed by atoms with Gasteiger partial charge in [0.05, 0.1) is 0 Å². The van der Waals surface area contributed by atoms with Gasteiger partial charge in [-0.2, -0.15) is 52.7 Å². The van der Waals surface area contributed by atoms with Crippen LogP contribution in [0.2, 0.25) is 0 Å².